The Morgan fingerprint density at radius 2 is 0.813 bits per heavy atom. The number of ketones is 5. The fourth-order valence-corrected chi connectivity index (χ4v) is 19.6. The number of rotatable bonds is 7. The monoisotopic (exact) mass is 2290 g/mol. The minimum absolute atomic E-state index is 0. The van der Waals surface area contributed by atoms with E-state index >= 15 is 0 Å². The smallest absolute Gasteiger partial charge is 0.410 e. The molecule has 54 heteroatoms. The third-order valence-corrected chi connectivity index (χ3v) is 26.3. The third kappa shape index (κ3) is 38.2. The number of likely N-dealkylation sites (tertiary alicyclic amines) is 3. The molecule has 7 N–H and O–H groups in total. The van der Waals surface area contributed by atoms with E-state index in [1.165, 1.54) is 95.1 Å². The van der Waals surface area contributed by atoms with Crippen LogP contribution in [0.5, 0.6) is 0 Å². The van der Waals surface area contributed by atoms with E-state index in [0.717, 1.165) is 87.2 Å². The number of carboxylic acids is 1. The summed E-state index contributed by atoms with van der Waals surface area (Å²) in [7, 11) is 7.36. The molecule has 6 amide bonds. The summed E-state index contributed by atoms with van der Waals surface area (Å²) in [5.41, 5.74) is 31.3. The zero-order valence-corrected chi connectivity index (χ0v) is 96.7. The van der Waals surface area contributed by atoms with Gasteiger partial charge in [0.15, 0.2) is 18.0 Å². The molecule has 8 atom stereocenters. The summed E-state index contributed by atoms with van der Waals surface area (Å²) >= 11 is 15.0. The molecule has 17 rings (SSSR count). The number of H-pyrrole nitrogens is 3. The summed E-state index contributed by atoms with van der Waals surface area (Å²) in [5.74, 6) is -3.09. The first-order valence-corrected chi connectivity index (χ1v) is 57.0. The maximum Gasteiger partial charge on any atom is 0.410 e. The number of hydrogen-bond donors (Lipinski definition) is 7. The van der Waals surface area contributed by atoms with Crippen molar-refractivity contribution in [2.24, 2.45) is 11.8 Å². The quantitative estimate of drug-likeness (QED) is 0.0195. The summed E-state index contributed by atoms with van der Waals surface area (Å²) in [6.07, 6.45) is 1.36. The van der Waals surface area contributed by atoms with E-state index in [0.29, 0.717) is 63.5 Å². The van der Waals surface area contributed by atoms with Crippen LogP contribution in [0.1, 0.15) is 275 Å². The second-order valence-electron chi connectivity index (χ2n) is 40.5. The number of aliphatic hydroxyl groups excluding tert-OH is 1. The lowest BCUT2D eigenvalue weighted by Gasteiger charge is -2.39. The fraction of sp³-hybridized carbons (Fsp3) is 0.552. The number of aromatic nitrogens is 13. The molecule has 8 unspecified atom stereocenters. The number of aromatic carboxylic acids is 1. The van der Waals surface area contributed by atoms with Gasteiger partial charge >= 0.3 is 42.5 Å². The van der Waals surface area contributed by atoms with Crippen molar-refractivity contribution in [3.8, 4) is 34.2 Å². The van der Waals surface area contributed by atoms with Gasteiger partial charge in [-0.1, -0.05) is 11.3 Å². The first kappa shape index (κ1) is 126. The predicted octanol–water partition coefficient (Wildman–Crippen LogP) is 20.0. The van der Waals surface area contributed by atoms with Gasteiger partial charge in [0.2, 0.25) is 20.5 Å². The van der Waals surface area contributed by atoms with Crippen molar-refractivity contribution in [2.75, 3.05) is 32.8 Å². The van der Waals surface area contributed by atoms with Crippen LogP contribution in [0.3, 0.4) is 0 Å². The van der Waals surface area contributed by atoms with Crippen LogP contribution in [-0.2, 0) is 90.9 Å². The number of carbonyl (C=O) groups excluding carboxylic acids is 12. The molecule has 10 aromatic rings. The average molecular weight is 2300 g/mol. The highest BCUT2D eigenvalue weighted by Gasteiger charge is 2.53. The molecule has 0 saturated carbocycles. The second kappa shape index (κ2) is 56.4. The van der Waals surface area contributed by atoms with Gasteiger partial charge in [-0.2, -0.15) is 19.9 Å². The van der Waals surface area contributed by atoms with Crippen LogP contribution in [0.2, 0.25) is 0 Å². The number of thiazole rings is 7. The lowest BCUT2D eigenvalue weighted by Crippen LogP contribution is -2.64. The fourth-order valence-electron chi connectivity index (χ4n) is 15.4. The standard InChI is InChI=1S/3C15H20N4O2S.C15H19N2O4S.C15H20N2O4S.C11H19NO3.C4H2ClNOS.C4H3NO2S.C2H6O.Cl2OS.H2N2.H2/c2*1-9-5-11-10(6-19(9)14(20)21-15(2,3)4)13(18-17-11)12-7-22-8-16-12;1-9-12-10(17-18-13(12)11-7-22-8-16-11)5-6-19(9)14(20)21-15(2,3)4;1-15(2,3)21-14(20)17-5-4-11(18)12-9(17)6-16-8-22-7-10(16)13(12)19;1-9-5-12(18)10(13(19)11-7-22-8-16-11)6-17(9)14(20)21-15(2,3)4;1-8-7-9(13)5-6-12(8)10(14)15-11(2,3)4;5-4(7)3-1-8-2-6-3;6-4(7)3-1-8-2-5-3;1-2-3;1-4(2)3;1-2;/h3*7-9H,5-6H2,1-4H3,(H,17,18);7-9,12H,4-6H2,1-3H3;7-10H,5-6H2,1-4H3;8H,5-7H2,1-4H3;1-2H;1-2H,(H,6,7);3H,2H2,1H3;;1-2H;1H/q;;;+1;;;;;;;;. The molecular weight excluding hydrogens is 2160 g/mol. The lowest BCUT2D eigenvalue weighted by atomic mass is 9.81. The van der Waals surface area contributed by atoms with Gasteiger partial charge in [0, 0.05) is 191 Å². The van der Waals surface area contributed by atoms with Gasteiger partial charge in [0.1, 0.15) is 114 Å². The summed E-state index contributed by atoms with van der Waals surface area (Å²) in [5, 5.41) is 50.1. The van der Waals surface area contributed by atoms with Crippen molar-refractivity contribution >= 4 is 198 Å². The number of carboxylic acid groups (broad SMARTS) is 1. The number of carbonyl (C=O) groups is 13. The van der Waals surface area contributed by atoms with Crippen LogP contribution in [0.25, 0.3) is 34.2 Å². The Bertz CT molecular complexity index is 5950. The van der Waals surface area contributed by atoms with Crippen molar-refractivity contribution in [3.63, 3.8) is 0 Å². The Balaban J connectivity index is 0.000000264. The minimum atomic E-state index is -1.67. The van der Waals surface area contributed by atoms with Crippen LogP contribution in [0, 0.1) is 22.9 Å². The summed E-state index contributed by atoms with van der Waals surface area (Å²) in [6, 6.07) is -0.704. The van der Waals surface area contributed by atoms with Crippen LogP contribution < -0.4 is 4.57 Å². The highest BCUT2D eigenvalue weighted by atomic mass is 36.0. The Hall–Kier alpha value is -11.3. The SMILES string of the molecule is CC(C)(C)OC(=O)N1CCC(=O)C2C(=O)c3csc[n+]3CC21.CC1CC(=O)C(C(=O)c2cscn2)CN1C(=O)OC(C)(C)C.CC1CC(=O)CCN1C(=O)OC(C)(C)C.CC1Cc2[nH]nc(-c3cscn3)c2CN1C(=O)OC(C)(C)C.CC1Cc2[nH]nc(-c3cscn3)c2CN1C(=O)OC(C)(C)C.CC1c2c(-c3cscn3)n[nH]c2CCN1C(=O)OC(C)(C)C.CCO.N=N.O=C(Cl)c1cscn1.O=C(O)c1cscn1.O=S(Cl)Cl.[HH]. The molecule has 150 heavy (non-hydrogen) atoms. The van der Waals surface area contributed by atoms with Gasteiger partial charge in [-0.3, -0.25) is 49.0 Å². The summed E-state index contributed by atoms with van der Waals surface area (Å²) < 4.78 is 43.5. The van der Waals surface area contributed by atoms with Gasteiger partial charge in [0.05, 0.1) is 57.6 Å². The Kier molecular flexibility index (Phi) is 47.2. The summed E-state index contributed by atoms with van der Waals surface area (Å²) in [4.78, 5) is 188. The van der Waals surface area contributed by atoms with E-state index in [1.807, 2.05) is 137 Å². The molecule has 10 aromatic heterocycles. The predicted molar refractivity (Wildman–Crippen MR) is 573 cm³/mol. The van der Waals surface area contributed by atoms with E-state index in [4.69, 9.17) is 65.5 Å². The number of hydrogen-bond acceptors (Lipinski definition) is 39. The van der Waals surface area contributed by atoms with E-state index in [-0.39, 0.29) is 122 Å². The zero-order chi connectivity index (χ0) is 112. The van der Waals surface area contributed by atoms with E-state index in [2.05, 4.69) is 81.9 Å². The molecule has 7 aliphatic heterocycles. The van der Waals surface area contributed by atoms with Crippen molar-refractivity contribution in [2.45, 2.75) is 301 Å². The molecule has 43 nitrogen and oxygen atoms in total. The second-order valence-corrected chi connectivity index (χ2v) is 48.4. The van der Waals surface area contributed by atoms with Gasteiger partial charge in [-0.25, -0.2) is 78.7 Å². The molecule has 3 saturated heterocycles. The number of ether oxygens (including phenoxy) is 6. The topological polar surface area (TPSA) is 569 Å². The first-order chi connectivity index (χ1) is 70.1. The van der Waals surface area contributed by atoms with Gasteiger partial charge in [0.25, 0.3) is 10.9 Å². The molecule has 0 bridgehead atoms. The molecule has 3 fully saturated rings. The highest BCUT2D eigenvalue weighted by molar-refractivity contribution is 8.26. The number of fused-ring (bicyclic) bond motifs is 5. The lowest BCUT2D eigenvalue weighted by molar-refractivity contribution is -0.702. The maximum atomic E-state index is 12.6. The molecule has 17 heterocycles. The number of amides is 6. The molecular formula is C96H133Cl3N21O22S8+. The first-order valence-electron chi connectivity index (χ1n) is 47.2. The van der Waals surface area contributed by atoms with Crippen molar-refractivity contribution in [3.05, 3.63) is 133 Å². The third-order valence-electron chi connectivity index (χ3n) is 21.9. The Labute approximate surface area is 915 Å². The largest absolute Gasteiger partial charge is 0.476 e. The number of halogens is 3. The molecule has 822 valence electrons. The van der Waals surface area contributed by atoms with Crippen LogP contribution in [-0.4, -0.2) is 278 Å². The maximum absolute atomic E-state index is 12.6. The van der Waals surface area contributed by atoms with Crippen molar-refractivity contribution in [1.29, 1.82) is 11.1 Å². The number of nitrogens with zero attached hydrogens (tertiary/aromatic N) is 16. The van der Waals surface area contributed by atoms with Crippen molar-refractivity contribution < 1.29 is 111 Å². The zero-order valence-electron chi connectivity index (χ0n) is 87.9. The van der Waals surface area contributed by atoms with E-state index < -0.39 is 84.1 Å². The average Bonchev–Trinajstić information content (AvgIpc) is 1.75. The number of Topliss-reactive ketones (excluding diaryl/α,β-unsaturated/α-hetero) is 5. The Morgan fingerprint density at radius 1 is 0.460 bits per heavy atom. The van der Waals surface area contributed by atoms with E-state index in [1.54, 1.807) is 124 Å². The number of piperidine rings is 3. The highest BCUT2D eigenvalue weighted by Crippen LogP contribution is 2.39. The van der Waals surface area contributed by atoms with Gasteiger partial charge in [-0.15, -0.1) is 68.0 Å². The summed E-state index contributed by atoms with van der Waals surface area (Å²) in [6.45, 7) is 47.7. The minimum Gasteiger partial charge on any atom is -0.476 e. The molecule has 0 aliphatic carbocycles. The Morgan fingerprint density at radius 3 is 1.20 bits per heavy atom. The van der Waals surface area contributed by atoms with Crippen LogP contribution in [0.4, 0.5) is 28.8 Å². The molecule has 0 spiro atoms. The normalized spacial score (nSPS) is 18.6. The molecule has 0 aromatic carbocycles. The van der Waals surface area contributed by atoms with Crippen molar-refractivity contribution in [1.82, 2.24) is 89.9 Å². The number of aromatic amines is 3. The number of nitrogens with one attached hydrogen (secondary N) is 5. The molecule has 7 aliphatic rings. The van der Waals surface area contributed by atoms with Crippen LogP contribution >= 0.6 is 112 Å². The number of aliphatic hydroxyl groups is 1. The van der Waals surface area contributed by atoms with Gasteiger partial charge < -0.3 is 63.1 Å². The van der Waals surface area contributed by atoms with E-state index in [9.17, 15) is 62.3 Å². The van der Waals surface area contributed by atoms with Gasteiger partial charge in [-0.05, 0) is 178 Å². The van der Waals surface area contributed by atoms with Crippen LogP contribution in [0.15, 0.2) is 76.2 Å². The molecule has 0 radical (unpaired) electrons.